The Labute approximate surface area is 343 Å². The fraction of sp³-hybridized carbons (Fsp3) is 0.435. The Bertz CT molecular complexity index is 2230. The van der Waals surface area contributed by atoms with Gasteiger partial charge in [0.25, 0.3) is 5.91 Å². The normalized spacial score (nSPS) is 26.2. The molecule has 1 unspecified atom stereocenters. The molecule has 0 aliphatic carbocycles. The lowest BCUT2D eigenvalue weighted by atomic mass is 9.76. The summed E-state index contributed by atoms with van der Waals surface area (Å²) in [7, 11) is 0. The number of hydrogen-bond donors (Lipinski definition) is 3. The summed E-state index contributed by atoms with van der Waals surface area (Å²) in [5.74, 6) is 0.893. The van der Waals surface area contributed by atoms with Crippen molar-refractivity contribution in [2.24, 2.45) is 5.92 Å². The van der Waals surface area contributed by atoms with Crippen LogP contribution in [0.3, 0.4) is 0 Å². The number of aromatic hydroxyl groups is 1. The van der Waals surface area contributed by atoms with Crippen LogP contribution in [0.5, 0.6) is 17.4 Å². The van der Waals surface area contributed by atoms with E-state index in [9.17, 15) is 19.5 Å². The summed E-state index contributed by atoms with van der Waals surface area (Å²) in [6.45, 7) is 7.41. The molecule has 13 heteroatoms. The summed E-state index contributed by atoms with van der Waals surface area (Å²) >= 11 is 0. The average molecular weight is 799 g/mol. The maximum Gasteiger partial charge on any atom is 0.270 e. The zero-order valence-electron chi connectivity index (χ0n) is 33.1. The lowest BCUT2D eigenvalue weighted by Gasteiger charge is -2.45. The number of hydrogen-bond acceptors (Lipinski definition) is 11. The first kappa shape index (κ1) is 37.6. The van der Waals surface area contributed by atoms with Gasteiger partial charge < -0.3 is 34.4 Å². The van der Waals surface area contributed by atoms with Crippen LogP contribution < -0.4 is 29.9 Å². The third-order valence-electron chi connectivity index (χ3n) is 13.4. The number of fused-ring (bicyclic) bond motifs is 4. The van der Waals surface area contributed by atoms with Crippen LogP contribution >= 0.6 is 0 Å². The van der Waals surface area contributed by atoms with Crippen molar-refractivity contribution in [1.82, 2.24) is 20.5 Å². The molecule has 10 rings (SSSR count). The van der Waals surface area contributed by atoms with Crippen LogP contribution in [0.25, 0.3) is 0 Å². The van der Waals surface area contributed by atoms with Gasteiger partial charge in [0.05, 0.1) is 24.9 Å². The molecule has 3 N–H and O–H groups in total. The molecule has 0 radical (unpaired) electrons. The number of carbonyl (C=O) groups excluding carboxylic acids is 3. The first-order chi connectivity index (χ1) is 28.8. The quantitative estimate of drug-likeness (QED) is 0.226. The number of aromatic nitrogens is 1. The second-order valence-electron chi connectivity index (χ2n) is 17.1. The number of piperazine rings is 1. The van der Waals surface area contributed by atoms with Gasteiger partial charge in [0.1, 0.15) is 35.5 Å². The van der Waals surface area contributed by atoms with Crippen LogP contribution in [-0.2, 0) is 14.3 Å². The standard InChI is InChI=1S/C46H50N6O7/c53-34-10-11-35-40(22-34)57-28-36(30-4-2-1-3-5-30)42(35)31-6-8-32(9-7-31)51-18-16-46(17-19-51)23-29(26-59-46)24-50-20-21-52-33(25-50)27-58-45-39(52)14-12-38(48-45)43(55)47-37-13-15-41(54)49-44(37)56/h1-12,14,22,29,33,36-37,42,53H,13,15-21,23-28H2,(H,47,55)(H,49,54,56)/t29-,33?,36-,37+,42-/m1/s1. The molecule has 3 amide bonds. The minimum absolute atomic E-state index is 0.0655. The van der Waals surface area contributed by atoms with Gasteiger partial charge in [-0.3, -0.25) is 24.6 Å². The van der Waals surface area contributed by atoms with Gasteiger partial charge in [-0.15, -0.1) is 0 Å². The number of nitrogens with one attached hydrogen (secondary N) is 2. The summed E-state index contributed by atoms with van der Waals surface area (Å²) in [5.41, 5.74) is 5.84. The Kier molecular flexibility index (Phi) is 9.88. The number of amides is 3. The van der Waals surface area contributed by atoms with Crippen LogP contribution in [0.4, 0.5) is 11.4 Å². The van der Waals surface area contributed by atoms with Crippen molar-refractivity contribution in [2.45, 2.75) is 61.6 Å². The highest BCUT2D eigenvalue weighted by Crippen LogP contribution is 2.47. The molecule has 13 nitrogen and oxygen atoms in total. The summed E-state index contributed by atoms with van der Waals surface area (Å²) < 4.78 is 19.0. The minimum atomic E-state index is -0.761. The van der Waals surface area contributed by atoms with Gasteiger partial charge in [0.15, 0.2) is 0 Å². The molecule has 1 aromatic heterocycles. The van der Waals surface area contributed by atoms with E-state index in [4.69, 9.17) is 14.2 Å². The maximum absolute atomic E-state index is 12.9. The summed E-state index contributed by atoms with van der Waals surface area (Å²) in [6, 6.07) is 28.2. The van der Waals surface area contributed by atoms with E-state index in [1.807, 2.05) is 18.2 Å². The molecule has 3 aromatic carbocycles. The molecule has 6 aliphatic rings. The van der Waals surface area contributed by atoms with Gasteiger partial charge in [-0.2, -0.15) is 0 Å². The predicted molar refractivity (Wildman–Crippen MR) is 220 cm³/mol. The molecule has 0 bridgehead atoms. The van der Waals surface area contributed by atoms with Gasteiger partial charge in [0, 0.05) is 74.8 Å². The van der Waals surface area contributed by atoms with Crippen LogP contribution in [0.1, 0.15) is 71.1 Å². The smallest absolute Gasteiger partial charge is 0.270 e. The minimum Gasteiger partial charge on any atom is -0.508 e. The van der Waals surface area contributed by atoms with Gasteiger partial charge in [0.2, 0.25) is 17.7 Å². The van der Waals surface area contributed by atoms with E-state index >= 15 is 0 Å². The van der Waals surface area contributed by atoms with E-state index in [0.29, 0.717) is 25.0 Å². The Hall–Kier alpha value is -5.66. The molecule has 4 saturated heterocycles. The molecule has 6 aliphatic heterocycles. The number of ether oxygens (including phenoxy) is 3. The number of anilines is 2. The number of nitrogens with zero attached hydrogens (tertiary/aromatic N) is 4. The lowest BCUT2D eigenvalue weighted by molar-refractivity contribution is -0.134. The van der Waals surface area contributed by atoms with Gasteiger partial charge in [-0.25, -0.2) is 4.98 Å². The number of pyridine rings is 1. The molecule has 59 heavy (non-hydrogen) atoms. The molecular formula is C46H50N6O7. The first-order valence-electron chi connectivity index (χ1n) is 21.0. The van der Waals surface area contributed by atoms with E-state index < -0.39 is 17.9 Å². The Morgan fingerprint density at radius 1 is 0.898 bits per heavy atom. The number of benzene rings is 3. The fourth-order valence-electron chi connectivity index (χ4n) is 10.3. The van der Waals surface area contributed by atoms with E-state index in [2.05, 4.69) is 78.8 Å². The highest BCUT2D eigenvalue weighted by Gasteiger charge is 2.44. The highest BCUT2D eigenvalue weighted by atomic mass is 16.5. The topological polar surface area (TPSA) is 146 Å². The number of phenols is 1. The summed E-state index contributed by atoms with van der Waals surface area (Å²) in [6.07, 6.45) is 3.57. The molecule has 306 valence electrons. The zero-order chi connectivity index (χ0) is 40.1. The fourth-order valence-corrected chi connectivity index (χ4v) is 10.3. The molecule has 4 fully saturated rings. The second kappa shape index (κ2) is 15.5. The van der Waals surface area contributed by atoms with Crippen LogP contribution in [0, 0.1) is 5.92 Å². The monoisotopic (exact) mass is 798 g/mol. The van der Waals surface area contributed by atoms with Crippen LogP contribution in [0.15, 0.2) is 84.9 Å². The van der Waals surface area contributed by atoms with E-state index in [1.165, 1.54) is 16.8 Å². The highest BCUT2D eigenvalue weighted by molar-refractivity contribution is 6.03. The number of phenolic OH excluding ortho intramolecular Hbond substituents is 1. The molecule has 5 atom stereocenters. The number of carbonyl (C=O) groups is 3. The Balaban J connectivity index is 0.725. The number of piperidine rings is 2. The molecule has 0 saturated carbocycles. The average Bonchev–Trinajstić information content (AvgIpc) is 3.65. The number of imide groups is 1. The number of rotatable bonds is 7. The largest absolute Gasteiger partial charge is 0.508 e. The summed E-state index contributed by atoms with van der Waals surface area (Å²) in [4.78, 5) is 48.4. The zero-order valence-corrected chi connectivity index (χ0v) is 33.1. The van der Waals surface area contributed by atoms with Crippen molar-refractivity contribution in [3.05, 3.63) is 107 Å². The van der Waals surface area contributed by atoms with Crippen molar-refractivity contribution < 1.29 is 33.7 Å². The SMILES string of the molecule is O=C1CC[C@H](NC(=O)c2ccc3c(n2)OCC2CN(C[C@@H]4COC5(CCN(c6ccc([C@@H]7c8ccc(O)cc8OC[C@@H]7c7ccccc7)cc6)CC5)C4)CCN32)C(=O)N1. The van der Waals surface area contributed by atoms with Crippen molar-refractivity contribution in [1.29, 1.82) is 0 Å². The molecule has 7 heterocycles. The molecule has 1 spiro atoms. The Morgan fingerprint density at radius 2 is 1.73 bits per heavy atom. The van der Waals surface area contributed by atoms with Crippen molar-refractivity contribution >= 4 is 29.1 Å². The van der Waals surface area contributed by atoms with Crippen molar-refractivity contribution in [3.63, 3.8) is 0 Å². The van der Waals surface area contributed by atoms with Gasteiger partial charge in [-0.05, 0) is 73.1 Å². The Morgan fingerprint density at radius 3 is 2.54 bits per heavy atom. The van der Waals surface area contributed by atoms with Crippen molar-refractivity contribution in [3.8, 4) is 17.4 Å². The van der Waals surface area contributed by atoms with Crippen LogP contribution in [-0.4, -0.2) is 109 Å². The van der Waals surface area contributed by atoms with Crippen molar-refractivity contribution in [2.75, 3.05) is 68.9 Å². The van der Waals surface area contributed by atoms with E-state index in [0.717, 1.165) is 82.1 Å². The maximum atomic E-state index is 12.9. The molecule has 4 aromatic rings. The van der Waals surface area contributed by atoms with Gasteiger partial charge >= 0.3 is 0 Å². The van der Waals surface area contributed by atoms with E-state index in [1.54, 1.807) is 18.2 Å². The molecular weight excluding hydrogens is 749 g/mol. The van der Waals surface area contributed by atoms with Crippen LogP contribution in [0.2, 0.25) is 0 Å². The summed E-state index contributed by atoms with van der Waals surface area (Å²) in [5, 5.41) is 15.1. The second-order valence-corrected chi connectivity index (χ2v) is 17.1. The predicted octanol–water partition coefficient (Wildman–Crippen LogP) is 4.59. The third kappa shape index (κ3) is 7.46. The first-order valence-corrected chi connectivity index (χ1v) is 21.0. The third-order valence-corrected chi connectivity index (χ3v) is 13.4. The van der Waals surface area contributed by atoms with E-state index in [-0.39, 0.29) is 53.7 Å². The lowest BCUT2D eigenvalue weighted by Crippen LogP contribution is -2.58. The van der Waals surface area contributed by atoms with Gasteiger partial charge in [-0.1, -0.05) is 48.5 Å².